The zero-order chi connectivity index (χ0) is 16.7. The summed E-state index contributed by atoms with van der Waals surface area (Å²) in [6.07, 6.45) is 1.82. The van der Waals surface area contributed by atoms with Crippen LogP contribution in [-0.2, 0) is 4.79 Å². The summed E-state index contributed by atoms with van der Waals surface area (Å²) in [7, 11) is 0. The lowest BCUT2D eigenvalue weighted by atomic mass is 9.90. The number of hydrogen-bond donors (Lipinski definition) is 2. The molecular weight excluding hydrogens is 309 g/mol. The van der Waals surface area contributed by atoms with Crippen LogP contribution in [-0.4, -0.2) is 20.6 Å². The number of anilines is 1. The second-order valence-electron chi connectivity index (χ2n) is 5.73. The van der Waals surface area contributed by atoms with Gasteiger partial charge in [-0.15, -0.1) is 0 Å². The Labute approximate surface area is 137 Å². The van der Waals surface area contributed by atoms with E-state index < -0.39 is 0 Å². The molecule has 5 nitrogen and oxygen atoms in total. The lowest BCUT2D eigenvalue weighted by molar-refractivity contribution is -0.116. The number of aromatic nitrogens is 2. The standard InChI is InChI=1S/C18H14FN3O2/c19-12-4-2-5-13(8-12)22-10-20-17-15(9-16(24)21-18(17)22)11-3-1-6-14(23)7-11/h1-8,10,15,23H,9H2,(H,21,24)/t15-/m0/s1. The van der Waals surface area contributed by atoms with Gasteiger partial charge in [-0.3, -0.25) is 9.36 Å². The van der Waals surface area contributed by atoms with Crippen LogP contribution in [0.1, 0.15) is 23.6 Å². The highest BCUT2D eigenvalue weighted by Gasteiger charge is 2.31. The first kappa shape index (κ1) is 14.4. The molecule has 0 aliphatic carbocycles. The van der Waals surface area contributed by atoms with E-state index in [1.807, 2.05) is 6.07 Å². The van der Waals surface area contributed by atoms with Gasteiger partial charge in [0.15, 0.2) is 0 Å². The molecule has 1 amide bonds. The maximum absolute atomic E-state index is 13.5. The van der Waals surface area contributed by atoms with E-state index in [0.717, 1.165) is 5.56 Å². The van der Waals surface area contributed by atoms with E-state index in [1.54, 1.807) is 41.2 Å². The van der Waals surface area contributed by atoms with Gasteiger partial charge in [0.05, 0.1) is 11.4 Å². The van der Waals surface area contributed by atoms with Crippen LogP contribution in [0.3, 0.4) is 0 Å². The normalized spacial score (nSPS) is 16.5. The van der Waals surface area contributed by atoms with E-state index in [2.05, 4.69) is 10.3 Å². The van der Waals surface area contributed by atoms with E-state index in [-0.39, 0.29) is 29.8 Å². The predicted molar refractivity (Wildman–Crippen MR) is 86.7 cm³/mol. The molecule has 4 rings (SSSR count). The number of nitrogens with one attached hydrogen (secondary N) is 1. The molecule has 1 aromatic heterocycles. The Bertz CT molecular complexity index is 936. The van der Waals surface area contributed by atoms with E-state index in [4.69, 9.17) is 0 Å². The molecule has 24 heavy (non-hydrogen) atoms. The minimum absolute atomic E-state index is 0.143. The molecule has 1 atom stereocenters. The Morgan fingerprint density at radius 2 is 2.04 bits per heavy atom. The Morgan fingerprint density at radius 1 is 1.21 bits per heavy atom. The summed E-state index contributed by atoms with van der Waals surface area (Å²) in [5.41, 5.74) is 2.10. The van der Waals surface area contributed by atoms with Crippen LogP contribution in [0.15, 0.2) is 54.9 Å². The third kappa shape index (κ3) is 2.42. The Kier molecular flexibility index (Phi) is 3.30. The Hall–Kier alpha value is -3.15. The molecule has 1 aliphatic rings. The predicted octanol–water partition coefficient (Wildman–Crippen LogP) is 3.19. The number of amides is 1. The number of hydrogen-bond acceptors (Lipinski definition) is 3. The van der Waals surface area contributed by atoms with Gasteiger partial charge in [-0.1, -0.05) is 18.2 Å². The summed E-state index contributed by atoms with van der Waals surface area (Å²) >= 11 is 0. The van der Waals surface area contributed by atoms with E-state index >= 15 is 0 Å². The fourth-order valence-corrected chi connectivity index (χ4v) is 3.05. The Morgan fingerprint density at radius 3 is 2.83 bits per heavy atom. The summed E-state index contributed by atoms with van der Waals surface area (Å²) in [5.74, 6) is -0.0824. The second kappa shape index (κ2) is 5.49. The summed E-state index contributed by atoms with van der Waals surface area (Å²) in [5, 5.41) is 12.5. The highest BCUT2D eigenvalue weighted by Crippen LogP contribution is 2.38. The smallest absolute Gasteiger partial charge is 0.226 e. The number of imidazole rings is 1. The summed E-state index contributed by atoms with van der Waals surface area (Å²) < 4.78 is 15.2. The quantitative estimate of drug-likeness (QED) is 0.761. The molecule has 0 unspecified atom stereocenters. The topological polar surface area (TPSA) is 67.1 Å². The molecule has 120 valence electrons. The van der Waals surface area contributed by atoms with Crippen LogP contribution < -0.4 is 5.32 Å². The van der Waals surface area contributed by atoms with Crippen molar-refractivity contribution in [3.8, 4) is 11.4 Å². The zero-order valence-electron chi connectivity index (χ0n) is 12.6. The zero-order valence-corrected chi connectivity index (χ0v) is 12.6. The first-order valence-corrected chi connectivity index (χ1v) is 7.54. The number of carbonyl (C=O) groups excluding carboxylic acids is 1. The van der Waals surface area contributed by atoms with Crippen molar-refractivity contribution in [2.45, 2.75) is 12.3 Å². The molecule has 0 saturated carbocycles. The Balaban J connectivity index is 1.83. The van der Waals surface area contributed by atoms with Crippen LogP contribution >= 0.6 is 0 Å². The maximum Gasteiger partial charge on any atom is 0.226 e. The molecule has 6 heteroatoms. The highest BCUT2D eigenvalue weighted by molar-refractivity contribution is 5.94. The number of aromatic hydroxyl groups is 1. The molecule has 1 aliphatic heterocycles. The van der Waals surface area contributed by atoms with Crippen molar-refractivity contribution in [1.29, 1.82) is 0 Å². The minimum atomic E-state index is -0.360. The third-order valence-corrected chi connectivity index (χ3v) is 4.13. The van der Waals surface area contributed by atoms with E-state index in [9.17, 15) is 14.3 Å². The number of fused-ring (bicyclic) bond motifs is 1. The van der Waals surface area contributed by atoms with Crippen LogP contribution in [0.25, 0.3) is 5.69 Å². The van der Waals surface area contributed by atoms with Crippen molar-refractivity contribution in [1.82, 2.24) is 9.55 Å². The number of rotatable bonds is 2. The van der Waals surface area contributed by atoms with Gasteiger partial charge in [0.2, 0.25) is 5.91 Å². The summed E-state index contributed by atoms with van der Waals surface area (Å²) in [6, 6.07) is 12.9. The van der Waals surface area contributed by atoms with Gasteiger partial charge in [0, 0.05) is 12.3 Å². The van der Waals surface area contributed by atoms with Crippen LogP contribution in [0, 0.1) is 5.82 Å². The number of phenols is 1. The first-order valence-electron chi connectivity index (χ1n) is 7.54. The van der Waals surface area contributed by atoms with Crippen LogP contribution in [0.2, 0.25) is 0 Å². The first-order chi connectivity index (χ1) is 11.6. The fourth-order valence-electron chi connectivity index (χ4n) is 3.05. The number of nitrogens with zero attached hydrogens (tertiary/aromatic N) is 2. The van der Waals surface area contributed by atoms with Gasteiger partial charge in [-0.2, -0.15) is 0 Å². The average Bonchev–Trinajstić information content (AvgIpc) is 2.97. The number of halogens is 1. The van der Waals surface area contributed by atoms with Gasteiger partial charge in [0.25, 0.3) is 0 Å². The largest absolute Gasteiger partial charge is 0.508 e. The number of benzene rings is 2. The van der Waals surface area contributed by atoms with Crippen LogP contribution in [0.5, 0.6) is 5.75 Å². The van der Waals surface area contributed by atoms with Gasteiger partial charge < -0.3 is 10.4 Å². The van der Waals surface area contributed by atoms with Crippen molar-refractivity contribution in [3.63, 3.8) is 0 Å². The van der Waals surface area contributed by atoms with Gasteiger partial charge in [0.1, 0.15) is 23.7 Å². The van der Waals surface area contributed by atoms with Gasteiger partial charge in [-0.05, 0) is 35.9 Å². The molecule has 2 aromatic carbocycles. The maximum atomic E-state index is 13.5. The average molecular weight is 323 g/mol. The van der Waals surface area contributed by atoms with Crippen molar-refractivity contribution >= 4 is 11.7 Å². The molecule has 3 aromatic rings. The van der Waals surface area contributed by atoms with Gasteiger partial charge >= 0.3 is 0 Å². The molecule has 2 heterocycles. The monoisotopic (exact) mass is 323 g/mol. The summed E-state index contributed by atoms with van der Waals surface area (Å²) in [4.78, 5) is 16.6. The van der Waals surface area contributed by atoms with E-state index in [0.29, 0.717) is 17.2 Å². The van der Waals surface area contributed by atoms with Crippen molar-refractivity contribution in [2.24, 2.45) is 0 Å². The van der Waals surface area contributed by atoms with E-state index in [1.165, 1.54) is 12.1 Å². The minimum Gasteiger partial charge on any atom is -0.508 e. The van der Waals surface area contributed by atoms with Crippen molar-refractivity contribution < 1.29 is 14.3 Å². The molecule has 0 saturated heterocycles. The molecular formula is C18H14FN3O2. The second-order valence-corrected chi connectivity index (χ2v) is 5.73. The molecule has 2 N–H and O–H groups in total. The number of phenolic OH excluding ortho intramolecular Hbond substituents is 1. The highest BCUT2D eigenvalue weighted by atomic mass is 19.1. The molecule has 0 fully saturated rings. The number of carbonyl (C=O) groups is 1. The lowest BCUT2D eigenvalue weighted by Gasteiger charge is -2.23. The lowest BCUT2D eigenvalue weighted by Crippen LogP contribution is -2.24. The van der Waals surface area contributed by atoms with Crippen molar-refractivity contribution in [3.05, 3.63) is 71.9 Å². The molecule has 0 spiro atoms. The SMILES string of the molecule is O=C1C[C@@H](c2cccc(O)c2)c2ncn(-c3cccc(F)c3)c2N1. The molecule has 0 radical (unpaired) electrons. The summed E-state index contributed by atoms with van der Waals surface area (Å²) in [6.45, 7) is 0. The third-order valence-electron chi connectivity index (χ3n) is 4.13. The van der Waals surface area contributed by atoms with Crippen molar-refractivity contribution in [2.75, 3.05) is 5.32 Å². The van der Waals surface area contributed by atoms with Gasteiger partial charge in [-0.25, -0.2) is 9.37 Å². The fraction of sp³-hybridized carbons (Fsp3) is 0.111. The van der Waals surface area contributed by atoms with Crippen LogP contribution in [0.4, 0.5) is 10.2 Å². The molecule has 0 bridgehead atoms.